The van der Waals surface area contributed by atoms with Gasteiger partial charge in [0, 0.05) is 15.8 Å². The lowest BCUT2D eigenvalue weighted by Crippen LogP contribution is -2.10. The molecule has 0 saturated carbocycles. The van der Waals surface area contributed by atoms with Gasteiger partial charge in [-0.25, -0.2) is 4.98 Å². The maximum Gasteiger partial charge on any atom is 0.260 e. The second kappa shape index (κ2) is 7.07. The zero-order valence-corrected chi connectivity index (χ0v) is 16.0. The van der Waals surface area contributed by atoms with Gasteiger partial charge in [-0.1, -0.05) is 29.8 Å². The van der Waals surface area contributed by atoms with Gasteiger partial charge in [0.1, 0.15) is 10.6 Å². The number of benzene rings is 1. The van der Waals surface area contributed by atoms with Crippen LogP contribution in [0.4, 0.5) is 0 Å². The lowest BCUT2D eigenvalue weighted by Gasteiger charge is -2.03. The van der Waals surface area contributed by atoms with Crippen LogP contribution in [0.3, 0.4) is 0 Å². The highest BCUT2D eigenvalue weighted by atomic mass is 35.5. The zero-order chi connectivity index (χ0) is 18.1. The summed E-state index contributed by atoms with van der Waals surface area (Å²) in [4.78, 5) is 21.7. The Morgan fingerprint density at radius 1 is 1.27 bits per heavy atom. The Morgan fingerprint density at radius 2 is 2.15 bits per heavy atom. The molecule has 0 amide bonds. The van der Waals surface area contributed by atoms with E-state index in [1.54, 1.807) is 24.5 Å². The van der Waals surface area contributed by atoms with E-state index in [4.69, 9.17) is 16.3 Å². The number of ether oxygens (including phenoxy) is 1. The van der Waals surface area contributed by atoms with Gasteiger partial charge in [-0.3, -0.25) is 4.79 Å². The van der Waals surface area contributed by atoms with E-state index in [1.165, 1.54) is 11.3 Å². The maximum atomic E-state index is 12.6. The number of thiophene rings is 2. The molecule has 0 saturated heterocycles. The predicted molar refractivity (Wildman–Crippen MR) is 110 cm³/mol. The highest BCUT2D eigenvalue weighted by molar-refractivity contribution is 7.18. The molecule has 7 heteroatoms. The molecule has 0 spiro atoms. The van der Waals surface area contributed by atoms with Crippen LogP contribution in [0.5, 0.6) is 5.75 Å². The van der Waals surface area contributed by atoms with Gasteiger partial charge >= 0.3 is 0 Å². The van der Waals surface area contributed by atoms with Gasteiger partial charge in [-0.2, -0.15) is 0 Å². The number of nitrogens with zero attached hydrogens (tertiary/aromatic N) is 1. The van der Waals surface area contributed by atoms with Crippen LogP contribution in [0, 0.1) is 0 Å². The summed E-state index contributed by atoms with van der Waals surface area (Å²) < 4.78 is 5.21. The molecule has 0 fully saturated rings. The van der Waals surface area contributed by atoms with E-state index in [0.29, 0.717) is 21.1 Å². The lowest BCUT2D eigenvalue weighted by atomic mass is 10.2. The van der Waals surface area contributed by atoms with Crippen LogP contribution in [0.25, 0.3) is 31.8 Å². The summed E-state index contributed by atoms with van der Waals surface area (Å²) in [6, 6.07) is 11.5. The number of fused-ring (bicyclic) bond motifs is 1. The van der Waals surface area contributed by atoms with E-state index in [0.717, 1.165) is 21.8 Å². The first-order valence-electron chi connectivity index (χ1n) is 7.73. The predicted octanol–water partition coefficient (Wildman–Crippen LogP) is 5.46. The number of methoxy groups -OCH3 is 1. The highest BCUT2D eigenvalue weighted by Gasteiger charge is 2.14. The molecule has 0 radical (unpaired) electrons. The number of hydrogen-bond donors (Lipinski definition) is 1. The van der Waals surface area contributed by atoms with Crippen LogP contribution in [-0.4, -0.2) is 17.1 Å². The number of rotatable bonds is 4. The fraction of sp³-hybridized carbons (Fsp3) is 0.0526. The summed E-state index contributed by atoms with van der Waals surface area (Å²) in [6.07, 6.45) is 1.75. The first-order chi connectivity index (χ1) is 12.7. The minimum Gasteiger partial charge on any atom is -0.497 e. The summed E-state index contributed by atoms with van der Waals surface area (Å²) in [5.41, 5.74) is 1.59. The Hall–Kier alpha value is -2.41. The van der Waals surface area contributed by atoms with Crippen LogP contribution < -0.4 is 10.3 Å². The van der Waals surface area contributed by atoms with Crippen LogP contribution >= 0.6 is 34.3 Å². The summed E-state index contributed by atoms with van der Waals surface area (Å²) in [7, 11) is 1.61. The highest BCUT2D eigenvalue weighted by Crippen LogP contribution is 2.34. The lowest BCUT2D eigenvalue weighted by molar-refractivity contribution is 0.414. The minimum atomic E-state index is -0.188. The largest absolute Gasteiger partial charge is 0.497 e. The van der Waals surface area contributed by atoms with Crippen molar-refractivity contribution in [2.24, 2.45) is 0 Å². The summed E-state index contributed by atoms with van der Waals surface area (Å²) in [5, 5.41) is 4.92. The normalized spacial score (nSPS) is 11.8. The molecule has 0 unspecified atom stereocenters. The molecule has 1 N–H and O–H groups in total. The minimum absolute atomic E-state index is 0.188. The van der Waals surface area contributed by atoms with Gasteiger partial charge in [0.15, 0.2) is 5.82 Å². The van der Waals surface area contributed by atoms with Gasteiger partial charge in [0.05, 0.1) is 17.5 Å². The fourth-order valence-electron chi connectivity index (χ4n) is 2.62. The first-order valence-corrected chi connectivity index (χ1v) is 9.86. The smallest absolute Gasteiger partial charge is 0.260 e. The van der Waals surface area contributed by atoms with E-state index in [1.807, 2.05) is 47.2 Å². The number of aromatic amines is 1. The average Bonchev–Trinajstić information content (AvgIpc) is 3.31. The third kappa shape index (κ3) is 3.19. The molecule has 4 nitrogen and oxygen atoms in total. The second-order valence-electron chi connectivity index (χ2n) is 5.49. The van der Waals surface area contributed by atoms with Crippen LogP contribution in [0.15, 0.2) is 52.0 Å². The molecule has 0 bridgehead atoms. The number of halogens is 1. The Morgan fingerprint density at radius 3 is 2.92 bits per heavy atom. The molecular formula is C19H13ClN2O2S2. The SMILES string of the molecule is COc1cccc(/C=C(\Cl)c2nc3scc(-c4cccs4)c3c(=O)[nH]2)c1. The van der Waals surface area contributed by atoms with E-state index in [2.05, 4.69) is 9.97 Å². The fourth-order valence-corrected chi connectivity index (χ4v) is 4.60. The number of aromatic nitrogens is 2. The first kappa shape index (κ1) is 17.0. The Balaban J connectivity index is 1.78. The maximum absolute atomic E-state index is 12.6. The molecule has 0 atom stereocenters. The van der Waals surface area contributed by atoms with Crippen molar-refractivity contribution in [2.75, 3.05) is 7.11 Å². The molecule has 26 heavy (non-hydrogen) atoms. The molecule has 3 heterocycles. The van der Waals surface area contributed by atoms with Crippen molar-refractivity contribution in [1.82, 2.24) is 9.97 Å². The quantitative estimate of drug-likeness (QED) is 0.495. The van der Waals surface area contributed by atoms with Crippen molar-refractivity contribution in [1.29, 1.82) is 0 Å². The molecule has 130 valence electrons. The van der Waals surface area contributed by atoms with Crippen molar-refractivity contribution in [3.05, 3.63) is 68.9 Å². The molecule has 4 rings (SSSR count). The Bertz CT molecular complexity index is 1160. The van der Waals surface area contributed by atoms with Crippen molar-refractivity contribution < 1.29 is 4.74 Å². The molecule has 4 aromatic rings. The van der Waals surface area contributed by atoms with E-state index < -0.39 is 0 Å². The number of H-pyrrole nitrogens is 1. The molecular weight excluding hydrogens is 388 g/mol. The molecule has 0 aliphatic rings. The molecule has 0 aliphatic heterocycles. The van der Waals surface area contributed by atoms with Crippen LogP contribution in [-0.2, 0) is 0 Å². The van der Waals surface area contributed by atoms with Gasteiger partial charge in [-0.15, -0.1) is 22.7 Å². The topological polar surface area (TPSA) is 55.0 Å². The van der Waals surface area contributed by atoms with E-state index >= 15 is 0 Å². The van der Waals surface area contributed by atoms with Gasteiger partial charge < -0.3 is 9.72 Å². The second-order valence-corrected chi connectivity index (χ2v) is 7.70. The molecule has 3 aromatic heterocycles. The third-order valence-electron chi connectivity index (χ3n) is 3.84. The zero-order valence-electron chi connectivity index (χ0n) is 13.7. The Labute approximate surface area is 162 Å². The van der Waals surface area contributed by atoms with Crippen LogP contribution in [0.2, 0.25) is 0 Å². The molecule has 1 aromatic carbocycles. The summed E-state index contributed by atoms with van der Waals surface area (Å²) in [6.45, 7) is 0. The van der Waals surface area contributed by atoms with Crippen molar-refractivity contribution in [3.63, 3.8) is 0 Å². The average molecular weight is 401 g/mol. The van der Waals surface area contributed by atoms with Gasteiger partial charge in [0.25, 0.3) is 5.56 Å². The number of hydrogen-bond acceptors (Lipinski definition) is 5. The van der Waals surface area contributed by atoms with Crippen molar-refractivity contribution in [3.8, 4) is 16.2 Å². The number of nitrogens with one attached hydrogen (secondary N) is 1. The van der Waals surface area contributed by atoms with Crippen LogP contribution in [0.1, 0.15) is 11.4 Å². The van der Waals surface area contributed by atoms with Gasteiger partial charge in [0.2, 0.25) is 0 Å². The third-order valence-corrected chi connectivity index (χ3v) is 5.91. The van der Waals surface area contributed by atoms with E-state index in [9.17, 15) is 4.79 Å². The molecule has 0 aliphatic carbocycles. The Kier molecular flexibility index (Phi) is 4.63. The summed E-state index contributed by atoms with van der Waals surface area (Å²) >= 11 is 9.45. The van der Waals surface area contributed by atoms with E-state index in [-0.39, 0.29) is 5.56 Å². The standard InChI is InChI=1S/C19H13ClN2O2S2/c1-24-12-5-2-4-11(8-12)9-14(20)17-21-18(23)16-13(10-26-19(16)22-17)15-6-3-7-25-15/h2-10H,1H3,(H,21,22,23)/b14-9-. The van der Waals surface area contributed by atoms with Crippen molar-refractivity contribution in [2.45, 2.75) is 0 Å². The monoisotopic (exact) mass is 400 g/mol. The van der Waals surface area contributed by atoms with Crippen molar-refractivity contribution >= 4 is 55.6 Å². The van der Waals surface area contributed by atoms with Gasteiger partial charge in [-0.05, 0) is 35.2 Å². The summed E-state index contributed by atoms with van der Waals surface area (Å²) in [5.74, 6) is 1.09.